The Balaban J connectivity index is 1.53. The second-order valence-corrected chi connectivity index (χ2v) is 11.4. The predicted molar refractivity (Wildman–Crippen MR) is 152 cm³/mol. The largest absolute Gasteiger partial charge is 0.453 e. The van der Waals surface area contributed by atoms with Gasteiger partial charge in [0.25, 0.3) is 5.91 Å². The molecule has 4 rings (SSSR count). The van der Waals surface area contributed by atoms with Crippen LogP contribution in [0.15, 0.2) is 77.7 Å². The molecule has 4 N–H and O–H groups in total. The van der Waals surface area contributed by atoms with Crippen molar-refractivity contribution in [3.05, 3.63) is 89.5 Å². The summed E-state index contributed by atoms with van der Waals surface area (Å²) >= 11 is 1.36. The highest BCUT2D eigenvalue weighted by Crippen LogP contribution is 2.33. The number of thioether (sulfide) groups is 1. The minimum atomic E-state index is -0.739. The van der Waals surface area contributed by atoms with Gasteiger partial charge < -0.3 is 26.0 Å². The molecule has 0 unspecified atom stereocenters. The molecule has 3 amide bonds. The van der Waals surface area contributed by atoms with E-state index in [-0.39, 0.29) is 18.2 Å². The van der Waals surface area contributed by atoms with Crippen LogP contribution in [0, 0.1) is 0 Å². The third kappa shape index (κ3) is 7.61. The van der Waals surface area contributed by atoms with Gasteiger partial charge >= 0.3 is 6.09 Å². The lowest BCUT2D eigenvalue weighted by molar-refractivity contribution is -0.135. The van der Waals surface area contributed by atoms with Gasteiger partial charge in [-0.25, -0.2) is 4.79 Å². The van der Waals surface area contributed by atoms with Crippen LogP contribution in [0.3, 0.4) is 0 Å². The van der Waals surface area contributed by atoms with Gasteiger partial charge in [0.15, 0.2) is 5.37 Å². The van der Waals surface area contributed by atoms with Crippen molar-refractivity contribution in [2.75, 3.05) is 7.11 Å². The van der Waals surface area contributed by atoms with E-state index in [1.165, 1.54) is 18.9 Å². The minimum absolute atomic E-state index is 0.122. The SMILES string of the molecule is COC(=O)NCc1ccccc1-c1ccc(CN2Cc3ccccc3S[C@@H](NC(=O)CC(C)(C)N)C2=O)cc1. The number of hydrogen-bond acceptors (Lipinski definition) is 6. The number of carbonyl (C=O) groups is 3. The first-order valence-corrected chi connectivity index (χ1v) is 13.6. The van der Waals surface area contributed by atoms with E-state index < -0.39 is 17.0 Å². The van der Waals surface area contributed by atoms with Crippen molar-refractivity contribution in [2.24, 2.45) is 5.73 Å². The third-order valence-electron chi connectivity index (χ3n) is 6.29. The number of methoxy groups -OCH3 is 1. The average Bonchev–Trinajstić information content (AvgIpc) is 3.03. The molecule has 1 aliphatic heterocycles. The number of alkyl carbamates (subject to hydrolysis) is 1. The topological polar surface area (TPSA) is 114 Å². The van der Waals surface area contributed by atoms with Gasteiger partial charge in [0.05, 0.1) is 7.11 Å². The number of ether oxygens (including phenoxy) is 1. The van der Waals surface area contributed by atoms with Crippen LogP contribution in [0.4, 0.5) is 4.79 Å². The smallest absolute Gasteiger partial charge is 0.407 e. The summed E-state index contributed by atoms with van der Waals surface area (Å²) in [6.07, 6.45) is -0.361. The molecular weight excluding hydrogens is 512 g/mol. The van der Waals surface area contributed by atoms with E-state index in [4.69, 9.17) is 5.73 Å². The quantitative estimate of drug-likeness (QED) is 0.386. The molecule has 0 aromatic heterocycles. The van der Waals surface area contributed by atoms with Crippen LogP contribution >= 0.6 is 11.8 Å². The first-order chi connectivity index (χ1) is 18.6. The van der Waals surface area contributed by atoms with Crippen molar-refractivity contribution in [2.45, 2.75) is 55.7 Å². The van der Waals surface area contributed by atoms with E-state index in [0.29, 0.717) is 19.6 Å². The predicted octanol–water partition coefficient (Wildman–Crippen LogP) is 4.41. The fraction of sp³-hybridized carbons (Fsp3) is 0.300. The van der Waals surface area contributed by atoms with Gasteiger partial charge in [-0.05, 0) is 47.7 Å². The lowest BCUT2D eigenvalue weighted by Gasteiger charge is -2.26. The van der Waals surface area contributed by atoms with Gasteiger partial charge in [-0.1, -0.05) is 78.5 Å². The van der Waals surface area contributed by atoms with Crippen LogP contribution in [0.25, 0.3) is 11.1 Å². The molecule has 39 heavy (non-hydrogen) atoms. The maximum absolute atomic E-state index is 13.6. The number of rotatable bonds is 8. The van der Waals surface area contributed by atoms with Gasteiger partial charge in [0, 0.05) is 36.5 Å². The number of nitrogens with zero attached hydrogens (tertiary/aromatic N) is 1. The van der Waals surface area contributed by atoms with Gasteiger partial charge in [0.1, 0.15) is 0 Å². The zero-order chi connectivity index (χ0) is 28.0. The van der Waals surface area contributed by atoms with E-state index in [1.807, 2.05) is 72.8 Å². The van der Waals surface area contributed by atoms with Crippen LogP contribution in [0.5, 0.6) is 0 Å². The fourth-order valence-electron chi connectivity index (χ4n) is 4.42. The maximum Gasteiger partial charge on any atom is 0.407 e. The van der Waals surface area contributed by atoms with E-state index >= 15 is 0 Å². The Morgan fingerprint density at radius 2 is 1.74 bits per heavy atom. The summed E-state index contributed by atoms with van der Waals surface area (Å²) < 4.78 is 4.68. The molecule has 0 saturated carbocycles. The first kappa shape index (κ1) is 28.2. The first-order valence-electron chi connectivity index (χ1n) is 12.7. The summed E-state index contributed by atoms with van der Waals surface area (Å²) in [5, 5.41) is 4.89. The van der Waals surface area contributed by atoms with Crippen molar-refractivity contribution >= 4 is 29.7 Å². The Morgan fingerprint density at radius 1 is 1.05 bits per heavy atom. The number of fused-ring (bicyclic) bond motifs is 1. The van der Waals surface area contributed by atoms with E-state index in [9.17, 15) is 14.4 Å². The van der Waals surface area contributed by atoms with Crippen LogP contribution < -0.4 is 16.4 Å². The van der Waals surface area contributed by atoms with E-state index in [2.05, 4.69) is 15.4 Å². The third-order valence-corrected chi connectivity index (χ3v) is 7.49. The van der Waals surface area contributed by atoms with Crippen LogP contribution in [0.2, 0.25) is 0 Å². The normalized spacial score (nSPS) is 15.2. The standard InChI is InChI=1S/C30H34N4O4S/c1-30(2,31)16-26(35)33-27-28(36)34(19-23-9-5-7-11-25(23)39-27)18-20-12-14-21(15-13-20)24-10-6-4-8-22(24)17-32-29(37)38-3/h4-15,27H,16-19,31H2,1-3H3,(H,32,37)(H,33,35)/t27-/m1/s1. The summed E-state index contributed by atoms with van der Waals surface area (Å²) in [7, 11) is 1.34. The van der Waals surface area contributed by atoms with Gasteiger partial charge in [-0.3, -0.25) is 9.59 Å². The molecule has 1 aliphatic rings. The van der Waals surface area contributed by atoms with Crippen LogP contribution in [-0.4, -0.2) is 40.8 Å². The van der Waals surface area contributed by atoms with Crippen LogP contribution in [0.1, 0.15) is 37.0 Å². The van der Waals surface area contributed by atoms with Gasteiger partial charge in [-0.15, -0.1) is 0 Å². The molecule has 0 spiro atoms. The summed E-state index contributed by atoms with van der Waals surface area (Å²) in [6.45, 7) is 4.76. The zero-order valence-corrected chi connectivity index (χ0v) is 23.2. The molecule has 0 bridgehead atoms. The van der Waals surface area contributed by atoms with Gasteiger partial charge in [-0.2, -0.15) is 0 Å². The number of carbonyl (C=O) groups excluding carboxylic acids is 3. The molecule has 3 aromatic carbocycles. The maximum atomic E-state index is 13.6. The van der Waals surface area contributed by atoms with Crippen molar-refractivity contribution in [3.63, 3.8) is 0 Å². The number of amides is 3. The number of benzene rings is 3. The highest BCUT2D eigenvalue weighted by atomic mass is 32.2. The Labute approximate surface area is 233 Å². The number of nitrogens with one attached hydrogen (secondary N) is 2. The fourth-order valence-corrected chi connectivity index (χ4v) is 5.55. The van der Waals surface area contributed by atoms with Crippen molar-refractivity contribution in [1.82, 2.24) is 15.5 Å². The Kier molecular flexibility index (Phi) is 8.93. The molecule has 1 heterocycles. The molecule has 1 atom stereocenters. The van der Waals surface area contributed by atoms with Crippen LogP contribution in [-0.2, 0) is 34.0 Å². The number of hydrogen-bond donors (Lipinski definition) is 3. The second-order valence-electron chi connectivity index (χ2n) is 10.2. The van der Waals surface area contributed by atoms with E-state index in [1.54, 1.807) is 18.7 Å². The minimum Gasteiger partial charge on any atom is -0.453 e. The molecule has 0 fully saturated rings. The Morgan fingerprint density at radius 3 is 2.46 bits per heavy atom. The lowest BCUT2D eigenvalue weighted by Crippen LogP contribution is -2.47. The second kappa shape index (κ2) is 12.4. The molecule has 8 nitrogen and oxygen atoms in total. The summed E-state index contributed by atoms with van der Waals surface area (Å²) in [5.41, 5.74) is 10.3. The van der Waals surface area contributed by atoms with Crippen molar-refractivity contribution < 1.29 is 19.1 Å². The molecule has 0 radical (unpaired) electrons. The lowest BCUT2D eigenvalue weighted by atomic mass is 9.98. The van der Waals surface area contributed by atoms with E-state index in [0.717, 1.165) is 32.7 Å². The monoisotopic (exact) mass is 546 g/mol. The summed E-state index contributed by atoms with van der Waals surface area (Å²) in [6, 6.07) is 23.8. The summed E-state index contributed by atoms with van der Waals surface area (Å²) in [4.78, 5) is 40.6. The highest BCUT2D eigenvalue weighted by molar-refractivity contribution is 8.00. The van der Waals surface area contributed by atoms with Gasteiger partial charge in [0.2, 0.25) is 5.91 Å². The van der Waals surface area contributed by atoms with Crippen molar-refractivity contribution in [1.29, 1.82) is 0 Å². The van der Waals surface area contributed by atoms with Crippen molar-refractivity contribution in [3.8, 4) is 11.1 Å². The summed E-state index contributed by atoms with van der Waals surface area (Å²) in [5.74, 6) is -0.403. The highest BCUT2D eigenvalue weighted by Gasteiger charge is 2.32. The molecule has 0 aliphatic carbocycles. The molecular formula is C30H34N4O4S. The molecule has 204 valence electrons. The molecule has 3 aromatic rings. The Bertz CT molecular complexity index is 1340. The average molecular weight is 547 g/mol. The number of nitrogens with two attached hydrogens (primary N) is 1. The molecule has 0 saturated heterocycles. The molecule has 9 heteroatoms. The Hall–Kier alpha value is -3.82. The zero-order valence-electron chi connectivity index (χ0n) is 22.4.